The van der Waals surface area contributed by atoms with Gasteiger partial charge < -0.3 is 15.0 Å². The Kier molecular flexibility index (Phi) is 9.23. The number of piperidine rings is 2. The lowest BCUT2D eigenvalue weighted by Gasteiger charge is -2.32. The van der Waals surface area contributed by atoms with Gasteiger partial charge in [-0.2, -0.15) is 10.2 Å². The molecule has 0 aliphatic carbocycles. The summed E-state index contributed by atoms with van der Waals surface area (Å²) in [6.45, 7) is 4.01. The molecule has 0 radical (unpaired) electrons. The number of carbonyl (C=O) groups excluding carboxylic acids is 5. The number of ether oxygens (including phenoxy) is 1. The van der Waals surface area contributed by atoms with Gasteiger partial charge in [-0.15, -0.1) is 0 Å². The number of nitrogens with zero attached hydrogens (tertiary/aromatic N) is 8. The molecular weight excluding hydrogens is 762 g/mol. The standard InChI is InChI=1S/C34H33BrF2N10O6/c35-23-14-21-20(33(51)47(34(21)52)25-1-2-27(48)41-32(25)50)13-18(23)16-43-6-3-19(4-7-43)46-17-24(28(42-46)29(36)37)39-31(49)22-15-38-45-8-5-26(40-30(22)45)44-9-11-53-12-10-44/h5,8,13-15,17,19,25,29H,1-4,6-7,9-12,16H2,(H,39,49)(H,41,48,50). The number of alkyl halides is 2. The third-order valence-electron chi connectivity index (χ3n) is 10.1. The van der Waals surface area contributed by atoms with Crippen molar-refractivity contribution in [3.05, 3.63) is 69.2 Å². The Morgan fingerprint density at radius 2 is 1.77 bits per heavy atom. The molecule has 53 heavy (non-hydrogen) atoms. The van der Waals surface area contributed by atoms with Gasteiger partial charge in [0.2, 0.25) is 11.8 Å². The highest BCUT2D eigenvalue weighted by Crippen LogP contribution is 2.34. The lowest BCUT2D eigenvalue weighted by Crippen LogP contribution is -2.54. The minimum absolute atomic E-state index is 0.0320. The fourth-order valence-electron chi connectivity index (χ4n) is 7.27. The molecule has 4 aromatic rings. The van der Waals surface area contributed by atoms with Crippen LogP contribution in [0.4, 0.5) is 20.3 Å². The third-order valence-corrected chi connectivity index (χ3v) is 10.8. The lowest BCUT2D eigenvalue weighted by atomic mass is 10.0. The van der Waals surface area contributed by atoms with Crippen LogP contribution in [-0.2, 0) is 20.9 Å². The Balaban J connectivity index is 0.930. The van der Waals surface area contributed by atoms with Gasteiger partial charge in [0.05, 0.1) is 42.3 Å². The molecule has 1 unspecified atom stereocenters. The van der Waals surface area contributed by atoms with E-state index in [1.807, 2.05) is 4.90 Å². The molecule has 16 nitrogen and oxygen atoms in total. The zero-order valence-electron chi connectivity index (χ0n) is 28.1. The summed E-state index contributed by atoms with van der Waals surface area (Å²) in [6, 6.07) is 3.76. The normalized spacial score (nSPS) is 20.1. The number of likely N-dealkylation sites (tertiary alicyclic amines) is 1. The molecule has 0 bridgehead atoms. The second kappa shape index (κ2) is 14.0. The van der Waals surface area contributed by atoms with Gasteiger partial charge >= 0.3 is 0 Å². The number of nitrogens with one attached hydrogen (secondary N) is 2. The zero-order valence-corrected chi connectivity index (χ0v) is 29.7. The van der Waals surface area contributed by atoms with E-state index in [1.54, 1.807) is 24.4 Å². The fourth-order valence-corrected chi connectivity index (χ4v) is 7.74. The predicted molar refractivity (Wildman–Crippen MR) is 186 cm³/mol. The Morgan fingerprint density at radius 1 is 1.04 bits per heavy atom. The Morgan fingerprint density at radius 3 is 2.49 bits per heavy atom. The smallest absolute Gasteiger partial charge is 0.284 e. The molecule has 7 heterocycles. The highest BCUT2D eigenvalue weighted by Gasteiger charge is 2.45. The first-order valence-electron chi connectivity index (χ1n) is 17.2. The van der Waals surface area contributed by atoms with Crippen molar-refractivity contribution in [2.45, 2.75) is 50.7 Å². The van der Waals surface area contributed by atoms with Crippen molar-refractivity contribution < 1.29 is 37.5 Å². The number of aromatic nitrogens is 5. The molecule has 0 spiro atoms. The number of benzene rings is 1. The second-order valence-corrected chi connectivity index (χ2v) is 14.2. The number of halogens is 3. The summed E-state index contributed by atoms with van der Waals surface area (Å²) in [7, 11) is 0. The van der Waals surface area contributed by atoms with Gasteiger partial charge in [0.1, 0.15) is 17.4 Å². The van der Waals surface area contributed by atoms with Gasteiger partial charge in [0.25, 0.3) is 24.1 Å². The van der Waals surface area contributed by atoms with Gasteiger partial charge in [-0.05, 0) is 43.0 Å². The van der Waals surface area contributed by atoms with Crippen LogP contribution in [0, 0.1) is 0 Å². The molecule has 1 aromatic carbocycles. The first-order valence-corrected chi connectivity index (χ1v) is 18.0. The number of carbonyl (C=O) groups is 5. The summed E-state index contributed by atoms with van der Waals surface area (Å²) in [5, 5.41) is 13.2. The number of rotatable bonds is 8. The van der Waals surface area contributed by atoms with Crippen molar-refractivity contribution in [3.63, 3.8) is 0 Å². The van der Waals surface area contributed by atoms with Crippen molar-refractivity contribution in [2.24, 2.45) is 0 Å². The van der Waals surface area contributed by atoms with Crippen LogP contribution in [0.5, 0.6) is 0 Å². The molecule has 276 valence electrons. The van der Waals surface area contributed by atoms with E-state index in [2.05, 4.69) is 46.6 Å². The van der Waals surface area contributed by atoms with Crippen LogP contribution in [0.1, 0.15) is 80.5 Å². The van der Waals surface area contributed by atoms with E-state index >= 15 is 0 Å². The average molecular weight is 796 g/mol. The van der Waals surface area contributed by atoms with Crippen molar-refractivity contribution in [3.8, 4) is 0 Å². The second-order valence-electron chi connectivity index (χ2n) is 13.3. The molecule has 8 rings (SSSR count). The van der Waals surface area contributed by atoms with E-state index in [4.69, 9.17) is 4.74 Å². The van der Waals surface area contributed by atoms with Crippen molar-refractivity contribution in [2.75, 3.05) is 49.6 Å². The van der Waals surface area contributed by atoms with Crippen molar-refractivity contribution in [1.82, 2.24) is 39.5 Å². The maximum absolute atomic E-state index is 14.2. The van der Waals surface area contributed by atoms with Crippen LogP contribution in [0.3, 0.4) is 0 Å². The number of hydrogen-bond acceptors (Lipinski definition) is 11. The van der Waals surface area contributed by atoms with E-state index in [0.717, 1.165) is 10.5 Å². The quantitative estimate of drug-likeness (QED) is 0.251. The van der Waals surface area contributed by atoms with Gasteiger partial charge in [-0.25, -0.2) is 18.3 Å². The molecule has 4 aliphatic rings. The molecule has 3 aromatic heterocycles. The maximum atomic E-state index is 14.2. The highest BCUT2D eigenvalue weighted by molar-refractivity contribution is 9.10. The number of fused-ring (bicyclic) bond motifs is 2. The molecule has 3 saturated heterocycles. The van der Waals surface area contributed by atoms with Crippen molar-refractivity contribution in [1.29, 1.82) is 0 Å². The summed E-state index contributed by atoms with van der Waals surface area (Å²) in [5.41, 5.74) is 0.931. The predicted octanol–water partition coefficient (Wildman–Crippen LogP) is 2.95. The maximum Gasteiger partial charge on any atom is 0.284 e. The average Bonchev–Trinajstić information content (AvgIpc) is 3.84. The van der Waals surface area contributed by atoms with Crippen LogP contribution in [0.25, 0.3) is 5.65 Å². The molecule has 0 saturated carbocycles. The summed E-state index contributed by atoms with van der Waals surface area (Å²) in [5.74, 6) is -2.26. The largest absolute Gasteiger partial charge is 0.378 e. The first kappa shape index (κ1) is 34.9. The van der Waals surface area contributed by atoms with Crippen molar-refractivity contribution >= 4 is 62.6 Å². The summed E-state index contributed by atoms with van der Waals surface area (Å²) >= 11 is 3.53. The molecule has 1 atom stereocenters. The Hall–Kier alpha value is -5.14. The van der Waals surface area contributed by atoms with E-state index in [9.17, 15) is 32.8 Å². The summed E-state index contributed by atoms with van der Waals surface area (Å²) in [6.07, 6.45) is 2.80. The van der Waals surface area contributed by atoms with E-state index < -0.39 is 47.7 Å². The minimum Gasteiger partial charge on any atom is -0.378 e. The lowest BCUT2D eigenvalue weighted by molar-refractivity contribution is -0.136. The zero-order chi connectivity index (χ0) is 37.0. The SMILES string of the molecule is O=C1CCC(N2C(=O)c3cc(Br)c(CN4CCC(n5cc(NC(=O)c6cnn7ccc(N8CCOCC8)nc67)c(C(F)F)n5)CC4)cc3C2=O)C(=O)N1. The molecule has 19 heteroatoms. The van der Waals surface area contributed by atoms with Crippen LogP contribution in [-0.4, -0.2) is 109 Å². The number of hydrogen-bond donors (Lipinski definition) is 2. The monoisotopic (exact) mass is 794 g/mol. The Bertz CT molecular complexity index is 2160. The van der Waals surface area contributed by atoms with Gasteiger partial charge in [-0.1, -0.05) is 15.9 Å². The topological polar surface area (TPSA) is 176 Å². The van der Waals surface area contributed by atoms with E-state index in [1.165, 1.54) is 21.6 Å². The van der Waals surface area contributed by atoms with Crippen LogP contribution >= 0.6 is 15.9 Å². The van der Waals surface area contributed by atoms with Crippen LogP contribution in [0.2, 0.25) is 0 Å². The molecule has 3 fully saturated rings. The molecule has 4 aliphatic heterocycles. The number of anilines is 2. The van der Waals surface area contributed by atoms with Crippen LogP contribution < -0.4 is 15.5 Å². The van der Waals surface area contributed by atoms with Gasteiger partial charge in [-0.3, -0.25) is 43.8 Å². The summed E-state index contributed by atoms with van der Waals surface area (Å²) < 4.78 is 37.4. The first-order chi connectivity index (χ1) is 25.5. The van der Waals surface area contributed by atoms with Crippen LogP contribution in [0.15, 0.2) is 41.3 Å². The third kappa shape index (κ3) is 6.56. The number of amides is 5. The van der Waals surface area contributed by atoms with E-state index in [0.29, 0.717) is 74.7 Å². The van der Waals surface area contributed by atoms with E-state index in [-0.39, 0.29) is 41.3 Å². The summed E-state index contributed by atoms with van der Waals surface area (Å²) in [4.78, 5) is 73.7. The van der Waals surface area contributed by atoms with Gasteiger partial charge in [0.15, 0.2) is 11.3 Å². The Labute approximate surface area is 308 Å². The van der Waals surface area contributed by atoms with Gasteiger partial charge in [0, 0.05) is 56.0 Å². The highest BCUT2D eigenvalue weighted by atomic mass is 79.9. The molecule has 2 N–H and O–H groups in total. The molecular formula is C34H33BrF2N10O6. The minimum atomic E-state index is -2.93. The number of morpholine rings is 1. The fraction of sp³-hybridized carbons (Fsp3) is 0.412. The molecule has 5 amide bonds. The number of imide groups is 2.